The summed E-state index contributed by atoms with van der Waals surface area (Å²) >= 11 is 52.0. The van der Waals surface area contributed by atoms with E-state index in [2.05, 4.69) is 67.0 Å². The first kappa shape index (κ1) is 104. The standard InChI is InChI=1S/C26H26Cl2N6O5S2.C22H15Cl2N5O5S2.2C21H15Cl2N5O4S2/c27-20-14-18(31-26(36)32-41(37,38)24-7-6-23(28)40-24)3-5-22(20)34-16-30-21-15-17(2-4-19(21)25(34)35)29-8-1-9-33-10-12-39-13-11-33;23-15-10-13(27-22(31)28-36(32,33)19-6-5-18(24)35-19)2-4-17(15)29-11-26-16-9-12(20-25-7-8-34-20)1-3-14(16)21(29)30;22-14-9-11(26-21(30)27-34(31,32)18-6-5-17(23)33-18)1-4-16(14)28-10-25-19-12-7-8-24-15(12)3-2-13(19)20(28)29;22-14-8-12(26-21(30)27-34(31,32)19-4-3-18(23)33-19)1-2-17(14)28-10-25-16-9-15-11(5-6-24-15)7-13(16)20(28)29/h2-7,14-16,29H,1,8-13H2,(H2,31,32,36);1-6,9-11H,7-8H2,(H2,27,28,31);1-6,9-10,24H,7-8H2,(H2,26,27,30);1-4,7-10,24H,5-6H2,(H2,26,27,30). The van der Waals surface area contributed by atoms with Crippen LogP contribution in [0.15, 0.2) is 248 Å². The molecule has 0 atom stereocenters. The molecule has 0 unspecified atom stereocenters. The molecular formula is C90H71Cl8N21O18S8. The van der Waals surface area contributed by atoms with Crippen molar-refractivity contribution in [1.29, 1.82) is 0 Å². The van der Waals surface area contributed by atoms with Gasteiger partial charge in [-0.15, -0.1) is 45.3 Å². The first-order valence-corrected chi connectivity index (χ1v) is 54.9. The van der Waals surface area contributed by atoms with Crippen molar-refractivity contribution in [3.05, 3.63) is 303 Å². The maximum Gasteiger partial charge on any atom is 0.333 e. The number of hydrogen-bond acceptors (Lipinski definition) is 31. The number of amides is 8. The van der Waals surface area contributed by atoms with Gasteiger partial charge in [0.2, 0.25) is 5.90 Å². The van der Waals surface area contributed by atoms with Gasteiger partial charge in [0.1, 0.15) is 48.8 Å². The molecule has 20 rings (SSSR count). The van der Waals surface area contributed by atoms with Crippen LogP contribution in [0, 0.1) is 0 Å². The fourth-order valence-corrected chi connectivity index (χ4v) is 25.8. The van der Waals surface area contributed by atoms with Crippen molar-refractivity contribution in [2.75, 3.05) is 103 Å². The number of aliphatic imine (C=N–C) groups is 1. The molecule has 145 heavy (non-hydrogen) atoms. The first-order valence-electron chi connectivity index (χ1n) is 42.7. The number of morpholine rings is 1. The lowest BCUT2D eigenvalue weighted by Gasteiger charge is -2.26. The number of urea groups is 4. The molecule has 8 amide bonds. The van der Waals surface area contributed by atoms with Crippen LogP contribution >= 0.6 is 138 Å². The quantitative estimate of drug-likeness (QED) is 0.0281. The number of anilines is 7. The van der Waals surface area contributed by atoms with Crippen LogP contribution < -0.4 is 78.3 Å². The summed E-state index contributed by atoms with van der Waals surface area (Å²) in [7, 11) is -16.3. The number of halogens is 8. The van der Waals surface area contributed by atoms with Crippen molar-refractivity contribution in [2.45, 2.75) is 36.1 Å². The van der Waals surface area contributed by atoms with E-state index in [1.54, 1.807) is 30.3 Å². The number of rotatable bonds is 22. The third-order valence-electron chi connectivity index (χ3n) is 21.9. The van der Waals surface area contributed by atoms with Crippen LogP contribution in [0.1, 0.15) is 23.1 Å². The number of thiophene rings is 4. The lowest BCUT2D eigenvalue weighted by molar-refractivity contribution is 0.0378. The molecule has 11 N–H and O–H groups in total. The van der Waals surface area contributed by atoms with Gasteiger partial charge in [-0.3, -0.25) is 42.3 Å². The number of aromatic nitrogens is 8. The Morgan fingerprint density at radius 3 is 1.18 bits per heavy atom. The van der Waals surface area contributed by atoms with Crippen molar-refractivity contribution in [3.63, 3.8) is 0 Å². The molecule has 16 aromatic rings. The highest BCUT2D eigenvalue weighted by molar-refractivity contribution is 7.93. The van der Waals surface area contributed by atoms with E-state index in [1.165, 1.54) is 165 Å². The van der Waals surface area contributed by atoms with Gasteiger partial charge in [-0.1, -0.05) is 92.8 Å². The van der Waals surface area contributed by atoms with Gasteiger partial charge < -0.3 is 46.7 Å². The van der Waals surface area contributed by atoms with Crippen molar-refractivity contribution >= 4 is 292 Å². The molecule has 39 nitrogen and oxygen atoms in total. The number of sulfonamides is 4. The topological polar surface area (TPSA) is 511 Å². The van der Waals surface area contributed by atoms with Crippen molar-refractivity contribution < 1.29 is 62.3 Å². The lowest BCUT2D eigenvalue weighted by atomic mass is 10.1. The van der Waals surface area contributed by atoms with Gasteiger partial charge in [0.05, 0.1) is 124 Å². The zero-order valence-corrected chi connectivity index (χ0v) is 86.5. The maximum absolute atomic E-state index is 13.3. The Morgan fingerprint density at radius 2 is 0.766 bits per heavy atom. The summed E-state index contributed by atoms with van der Waals surface area (Å²) in [6, 6.07) is 42.5. The summed E-state index contributed by atoms with van der Waals surface area (Å²) in [5, 5.41) is 21.9. The summed E-state index contributed by atoms with van der Waals surface area (Å²) < 4.78 is 123. The average molecular weight is 2270 g/mol. The largest absolute Gasteiger partial charge is 0.476 e. The first-order chi connectivity index (χ1) is 69.3. The molecule has 55 heteroatoms. The molecule has 0 radical (unpaired) electrons. The fraction of sp³-hybridized carbons (Fsp3) is 0.144. The molecule has 0 saturated carbocycles. The number of fused-ring (bicyclic) bond motifs is 7. The average Bonchev–Trinajstić information content (AvgIpc) is 1.74. The van der Waals surface area contributed by atoms with E-state index in [0.29, 0.717) is 85.4 Å². The van der Waals surface area contributed by atoms with Crippen LogP contribution in [-0.2, 0) is 62.4 Å². The fourth-order valence-electron chi connectivity index (χ4n) is 15.2. The van der Waals surface area contributed by atoms with Gasteiger partial charge in [0, 0.05) is 83.7 Å². The molecule has 4 aliphatic heterocycles. The Morgan fingerprint density at radius 1 is 0.386 bits per heavy atom. The Hall–Kier alpha value is -12.9. The van der Waals surface area contributed by atoms with Gasteiger partial charge in [-0.25, -0.2) is 96.7 Å². The second-order valence-corrected chi connectivity index (χ2v) is 47.5. The molecule has 4 aliphatic rings. The number of nitrogens with one attached hydrogen (secondary N) is 11. The van der Waals surface area contributed by atoms with Crippen LogP contribution in [0.2, 0.25) is 37.4 Å². The third-order valence-corrected chi connectivity index (χ3v) is 35.3. The molecule has 1 fully saturated rings. The van der Waals surface area contributed by atoms with E-state index >= 15 is 0 Å². The van der Waals surface area contributed by atoms with Gasteiger partial charge in [0.25, 0.3) is 62.3 Å². The van der Waals surface area contributed by atoms with E-state index in [-0.39, 0.29) is 99.3 Å². The summed E-state index contributed by atoms with van der Waals surface area (Å²) in [5.41, 5.74) is 9.00. The number of hydrogen-bond donors (Lipinski definition) is 11. The Bertz CT molecular complexity index is 8550. The number of ether oxygens (including phenoxy) is 2. The summed E-state index contributed by atoms with van der Waals surface area (Å²) in [4.78, 5) is 126. The third kappa shape index (κ3) is 24.3. The van der Waals surface area contributed by atoms with E-state index < -0.39 is 64.2 Å². The monoisotopic (exact) mass is 2270 g/mol. The number of carbonyl (C=O) groups excluding carboxylic acids is 4. The number of carbonyl (C=O) groups is 4. The van der Waals surface area contributed by atoms with E-state index in [4.69, 9.17) is 102 Å². The van der Waals surface area contributed by atoms with Crippen LogP contribution in [0.3, 0.4) is 0 Å². The summed E-state index contributed by atoms with van der Waals surface area (Å²) in [6.45, 7) is 8.00. The van der Waals surface area contributed by atoms with Crippen LogP contribution in [0.5, 0.6) is 0 Å². The molecule has 0 aliphatic carbocycles. The van der Waals surface area contributed by atoms with E-state index in [9.17, 15) is 72.0 Å². The predicted molar refractivity (Wildman–Crippen MR) is 566 cm³/mol. The van der Waals surface area contributed by atoms with Gasteiger partial charge in [0.15, 0.2) is 0 Å². The van der Waals surface area contributed by atoms with Gasteiger partial charge in [-0.05, 0) is 213 Å². The maximum atomic E-state index is 13.3. The van der Waals surface area contributed by atoms with Crippen molar-refractivity contribution in [2.24, 2.45) is 4.99 Å². The normalized spacial score (nSPS) is 13.4. The highest BCUT2D eigenvalue weighted by Gasteiger charge is 2.29. The minimum absolute atomic E-state index is 0.0920. The van der Waals surface area contributed by atoms with Gasteiger partial charge >= 0.3 is 24.1 Å². The zero-order valence-electron chi connectivity index (χ0n) is 73.9. The molecule has 8 aromatic carbocycles. The van der Waals surface area contributed by atoms with Crippen LogP contribution in [0.25, 0.3) is 66.4 Å². The van der Waals surface area contributed by atoms with Crippen molar-refractivity contribution in [1.82, 2.24) is 62.0 Å². The van der Waals surface area contributed by atoms with Crippen LogP contribution in [-0.4, -0.2) is 172 Å². The Kier molecular flexibility index (Phi) is 31.6. The molecule has 0 spiro atoms. The molecule has 8 aromatic heterocycles. The molecule has 1 saturated heterocycles. The molecular weight excluding hydrogens is 2200 g/mol. The summed E-state index contributed by atoms with van der Waals surface area (Å²) in [6.07, 6.45) is 8.17. The predicted octanol–water partition coefficient (Wildman–Crippen LogP) is 16.9. The lowest BCUT2D eigenvalue weighted by Crippen LogP contribution is -2.37. The minimum atomic E-state index is -4.09. The number of nitrogens with zero attached hydrogens (tertiary/aromatic N) is 10. The minimum Gasteiger partial charge on any atom is -0.476 e. The summed E-state index contributed by atoms with van der Waals surface area (Å²) in [5.74, 6) is 0.519. The second kappa shape index (κ2) is 44.2. The Balaban J connectivity index is 0.000000133. The van der Waals surface area contributed by atoms with E-state index in [1.807, 2.05) is 49.2 Å². The van der Waals surface area contributed by atoms with Gasteiger partial charge in [-0.2, -0.15) is 0 Å². The van der Waals surface area contributed by atoms with Crippen LogP contribution in [0.4, 0.5) is 59.0 Å². The highest BCUT2D eigenvalue weighted by atomic mass is 35.5. The van der Waals surface area contributed by atoms with E-state index in [0.717, 1.165) is 151 Å². The second-order valence-electron chi connectivity index (χ2n) is 31.4. The molecule has 748 valence electrons. The number of benzene rings is 8. The molecule has 0 bridgehead atoms. The highest BCUT2D eigenvalue weighted by Crippen LogP contribution is 2.36. The smallest absolute Gasteiger partial charge is 0.333 e. The SMILES string of the molecule is O=C(Nc1ccc(-n2cnc3c4c(ccc3c2=O)NCC4)c(Cl)c1)NS(=O)(=O)c1ccc(Cl)s1.O=C(Nc1ccc(-n2cnc3cc(C4=NCCO4)ccc3c2=O)c(Cl)c1)NS(=O)(=O)c1ccc(Cl)s1.O=C(Nc1ccc(-n2cnc3cc(NCCCN4CCOCC4)ccc3c2=O)c(Cl)c1)NS(=O)(=O)c1ccc(Cl)s1.O=C(Nc1ccc(-n2cnc3cc4c(cc3c2=O)CCN4)c(Cl)c1)NS(=O)(=O)c1ccc(Cl)s1. The zero-order chi connectivity index (χ0) is 103. The molecule has 12 heterocycles. The Labute approximate surface area is 877 Å². The van der Waals surface area contributed by atoms with Crippen molar-refractivity contribution in [3.8, 4) is 22.7 Å².